The van der Waals surface area contributed by atoms with Crippen LogP contribution in [0.1, 0.15) is 23.4 Å². The van der Waals surface area contributed by atoms with Crippen LogP contribution in [-0.2, 0) is 6.54 Å². The standard InChI is InChI=1S/C15H16Cl2N2OS/c1-10(13-6-5-11(16)8-14(13)17)19(2)15(20)18-9-12-4-3-7-21-12/h3-8,10H,9H2,1-2H3,(H,18,20)/t10-/m0/s1. The van der Waals surface area contributed by atoms with Crippen molar-refractivity contribution in [2.24, 2.45) is 0 Å². The Labute approximate surface area is 138 Å². The molecule has 112 valence electrons. The number of rotatable bonds is 4. The number of hydrogen-bond donors (Lipinski definition) is 1. The first kappa shape index (κ1) is 16.1. The summed E-state index contributed by atoms with van der Waals surface area (Å²) >= 11 is 13.7. The Balaban J connectivity index is 2.00. The largest absolute Gasteiger partial charge is 0.333 e. The van der Waals surface area contributed by atoms with E-state index in [9.17, 15) is 4.79 Å². The van der Waals surface area contributed by atoms with Crippen molar-refractivity contribution in [2.45, 2.75) is 19.5 Å². The second-order valence-electron chi connectivity index (χ2n) is 4.69. The third-order valence-corrected chi connectivity index (χ3v) is 4.75. The fourth-order valence-electron chi connectivity index (χ4n) is 1.93. The zero-order valence-electron chi connectivity index (χ0n) is 11.8. The first-order valence-electron chi connectivity index (χ1n) is 6.47. The van der Waals surface area contributed by atoms with Crippen molar-refractivity contribution in [3.63, 3.8) is 0 Å². The zero-order chi connectivity index (χ0) is 15.4. The Morgan fingerprint density at radius 3 is 2.76 bits per heavy atom. The molecule has 1 atom stereocenters. The van der Waals surface area contributed by atoms with E-state index >= 15 is 0 Å². The predicted octanol–water partition coefficient (Wildman–Crippen LogP) is 4.96. The average Bonchev–Trinajstić information content (AvgIpc) is 2.96. The van der Waals surface area contributed by atoms with Crippen molar-refractivity contribution >= 4 is 40.6 Å². The van der Waals surface area contributed by atoms with Gasteiger partial charge in [-0.3, -0.25) is 0 Å². The second kappa shape index (κ2) is 7.16. The van der Waals surface area contributed by atoms with Gasteiger partial charge in [-0.1, -0.05) is 35.3 Å². The molecule has 21 heavy (non-hydrogen) atoms. The summed E-state index contributed by atoms with van der Waals surface area (Å²) in [6.07, 6.45) is 0. The van der Waals surface area contributed by atoms with E-state index in [0.29, 0.717) is 16.6 Å². The molecule has 1 N–H and O–H groups in total. The van der Waals surface area contributed by atoms with Gasteiger partial charge >= 0.3 is 6.03 Å². The molecule has 0 saturated carbocycles. The molecule has 0 saturated heterocycles. The third kappa shape index (κ3) is 4.13. The van der Waals surface area contributed by atoms with Crippen LogP contribution in [0.5, 0.6) is 0 Å². The molecule has 2 amide bonds. The molecule has 0 aliphatic heterocycles. The molecule has 3 nitrogen and oxygen atoms in total. The minimum atomic E-state index is -0.141. The molecular weight excluding hydrogens is 327 g/mol. The summed E-state index contributed by atoms with van der Waals surface area (Å²) in [5, 5.41) is 6.03. The molecule has 0 aliphatic rings. The lowest BCUT2D eigenvalue weighted by molar-refractivity contribution is 0.194. The lowest BCUT2D eigenvalue weighted by Gasteiger charge is -2.26. The number of benzene rings is 1. The number of nitrogens with one attached hydrogen (secondary N) is 1. The maximum Gasteiger partial charge on any atom is 0.317 e. The SMILES string of the molecule is C[C@@H](c1ccc(Cl)cc1Cl)N(C)C(=O)NCc1cccs1. The lowest BCUT2D eigenvalue weighted by atomic mass is 10.1. The topological polar surface area (TPSA) is 32.3 Å². The quantitative estimate of drug-likeness (QED) is 0.836. The van der Waals surface area contributed by atoms with Crippen molar-refractivity contribution in [3.05, 3.63) is 56.2 Å². The van der Waals surface area contributed by atoms with Crippen LogP contribution in [0.3, 0.4) is 0 Å². The summed E-state index contributed by atoms with van der Waals surface area (Å²) in [6, 6.07) is 8.98. The summed E-state index contributed by atoms with van der Waals surface area (Å²) in [6.45, 7) is 2.46. The van der Waals surface area contributed by atoms with Gasteiger partial charge in [0.05, 0.1) is 12.6 Å². The minimum Gasteiger partial charge on any atom is -0.333 e. The van der Waals surface area contributed by atoms with Crippen molar-refractivity contribution < 1.29 is 4.79 Å². The van der Waals surface area contributed by atoms with Crippen LogP contribution < -0.4 is 5.32 Å². The average molecular weight is 343 g/mol. The lowest BCUT2D eigenvalue weighted by Crippen LogP contribution is -2.38. The summed E-state index contributed by atoms with van der Waals surface area (Å²) in [5.74, 6) is 0. The van der Waals surface area contributed by atoms with Gasteiger partial charge in [0.1, 0.15) is 0 Å². The highest BCUT2D eigenvalue weighted by molar-refractivity contribution is 7.09. The highest BCUT2D eigenvalue weighted by Crippen LogP contribution is 2.29. The van der Waals surface area contributed by atoms with E-state index in [4.69, 9.17) is 23.2 Å². The Kier molecular flexibility index (Phi) is 5.51. The second-order valence-corrected chi connectivity index (χ2v) is 6.57. The van der Waals surface area contributed by atoms with Gasteiger partial charge in [0.2, 0.25) is 0 Å². The molecule has 1 aromatic carbocycles. The van der Waals surface area contributed by atoms with Crippen molar-refractivity contribution in [3.8, 4) is 0 Å². The smallest absolute Gasteiger partial charge is 0.317 e. The van der Waals surface area contributed by atoms with Crippen molar-refractivity contribution in [1.29, 1.82) is 0 Å². The number of thiophene rings is 1. The van der Waals surface area contributed by atoms with E-state index in [-0.39, 0.29) is 12.1 Å². The number of urea groups is 1. The number of hydrogen-bond acceptors (Lipinski definition) is 2. The van der Waals surface area contributed by atoms with E-state index in [2.05, 4.69) is 5.32 Å². The van der Waals surface area contributed by atoms with Crippen molar-refractivity contribution in [1.82, 2.24) is 10.2 Å². The fourth-order valence-corrected chi connectivity index (χ4v) is 3.14. The van der Waals surface area contributed by atoms with Gasteiger partial charge in [-0.25, -0.2) is 4.79 Å². The van der Waals surface area contributed by atoms with E-state index < -0.39 is 0 Å². The Morgan fingerprint density at radius 2 is 2.14 bits per heavy atom. The Morgan fingerprint density at radius 1 is 1.38 bits per heavy atom. The fraction of sp³-hybridized carbons (Fsp3) is 0.267. The van der Waals surface area contributed by atoms with Gasteiger partial charge in [0.15, 0.2) is 0 Å². The molecule has 6 heteroatoms. The van der Waals surface area contributed by atoms with Gasteiger partial charge in [0, 0.05) is 22.0 Å². The molecule has 0 fully saturated rings. The Hall–Kier alpha value is -1.23. The van der Waals surface area contributed by atoms with Gasteiger partial charge in [-0.15, -0.1) is 11.3 Å². The number of carbonyl (C=O) groups excluding carboxylic acids is 1. The molecule has 1 aromatic heterocycles. The first-order valence-corrected chi connectivity index (χ1v) is 8.10. The molecule has 0 radical (unpaired) electrons. The summed E-state index contributed by atoms with van der Waals surface area (Å²) in [7, 11) is 1.75. The number of amides is 2. The predicted molar refractivity (Wildman–Crippen MR) is 89.2 cm³/mol. The number of nitrogens with zero attached hydrogens (tertiary/aromatic N) is 1. The zero-order valence-corrected chi connectivity index (χ0v) is 14.1. The van der Waals surface area contributed by atoms with Crippen LogP contribution in [0.4, 0.5) is 4.79 Å². The van der Waals surface area contributed by atoms with E-state index in [1.54, 1.807) is 35.4 Å². The molecular formula is C15H16Cl2N2OS. The number of halogens is 2. The Bertz CT molecular complexity index is 616. The number of carbonyl (C=O) groups is 1. The molecule has 0 unspecified atom stereocenters. The normalized spacial score (nSPS) is 12.0. The molecule has 0 spiro atoms. The van der Waals surface area contributed by atoms with Gasteiger partial charge in [-0.2, -0.15) is 0 Å². The van der Waals surface area contributed by atoms with Crippen LogP contribution >= 0.6 is 34.5 Å². The minimum absolute atomic E-state index is 0.137. The molecule has 2 aromatic rings. The monoisotopic (exact) mass is 342 g/mol. The van der Waals surface area contributed by atoms with Crippen LogP contribution in [0.2, 0.25) is 10.0 Å². The molecule has 0 aliphatic carbocycles. The van der Waals surface area contributed by atoms with Crippen LogP contribution in [0.25, 0.3) is 0 Å². The van der Waals surface area contributed by atoms with Gasteiger partial charge < -0.3 is 10.2 Å². The highest BCUT2D eigenvalue weighted by Gasteiger charge is 2.19. The molecule has 1 heterocycles. The van der Waals surface area contributed by atoms with E-state index in [0.717, 1.165) is 10.4 Å². The van der Waals surface area contributed by atoms with Crippen LogP contribution in [0, 0.1) is 0 Å². The van der Waals surface area contributed by atoms with Gasteiger partial charge in [-0.05, 0) is 36.1 Å². The summed E-state index contributed by atoms with van der Waals surface area (Å²) < 4.78 is 0. The first-order chi connectivity index (χ1) is 9.99. The van der Waals surface area contributed by atoms with Crippen molar-refractivity contribution in [2.75, 3.05) is 7.05 Å². The van der Waals surface area contributed by atoms with E-state index in [1.807, 2.05) is 30.5 Å². The molecule has 0 bridgehead atoms. The maximum absolute atomic E-state index is 12.2. The summed E-state index contributed by atoms with van der Waals surface area (Å²) in [4.78, 5) is 14.9. The highest BCUT2D eigenvalue weighted by atomic mass is 35.5. The molecule has 2 rings (SSSR count). The van der Waals surface area contributed by atoms with E-state index in [1.165, 1.54) is 0 Å². The third-order valence-electron chi connectivity index (χ3n) is 3.31. The van der Waals surface area contributed by atoms with Gasteiger partial charge in [0.25, 0.3) is 0 Å². The summed E-state index contributed by atoms with van der Waals surface area (Å²) in [5.41, 5.74) is 0.870. The van der Waals surface area contributed by atoms with Crippen LogP contribution in [0.15, 0.2) is 35.7 Å². The maximum atomic E-state index is 12.2. The van der Waals surface area contributed by atoms with Crippen LogP contribution in [-0.4, -0.2) is 18.0 Å².